The molecule has 0 aliphatic carbocycles. The number of nitrogens with zero attached hydrogens (tertiary/aromatic N) is 1. The number of rotatable bonds is 5. The van der Waals surface area contributed by atoms with E-state index in [2.05, 4.69) is 11.4 Å². The monoisotopic (exact) mass is 218 g/mol. The molecule has 0 heterocycles. The van der Waals surface area contributed by atoms with Crippen molar-refractivity contribution >= 4 is 5.69 Å². The van der Waals surface area contributed by atoms with Crippen molar-refractivity contribution in [2.75, 3.05) is 19.0 Å². The highest BCUT2D eigenvalue weighted by atomic mass is 16.5. The highest BCUT2D eigenvalue weighted by Gasteiger charge is 2.23. The summed E-state index contributed by atoms with van der Waals surface area (Å²) in [5, 5.41) is 12.5. The molecule has 0 amide bonds. The van der Waals surface area contributed by atoms with Crippen LogP contribution < -0.4 is 5.32 Å². The molecule has 0 radical (unpaired) electrons. The van der Waals surface area contributed by atoms with Crippen molar-refractivity contribution in [3.63, 3.8) is 0 Å². The van der Waals surface area contributed by atoms with Gasteiger partial charge in [0.05, 0.1) is 6.07 Å². The molecule has 3 nitrogen and oxygen atoms in total. The number of anilines is 1. The van der Waals surface area contributed by atoms with Crippen LogP contribution in [-0.4, -0.2) is 19.3 Å². The number of para-hydroxylation sites is 1. The summed E-state index contributed by atoms with van der Waals surface area (Å²) >= 11 is 0. The summed E-state index contributed by atoms with van der Waals surface area (Å²) in [5.74, 6) is 0. The van der Waals surface area contributed by atoms with Crippen LogP contribution in [0.1, 0.15) is 18.9 Å². The van der Waals surface area contributed by atoms with Gasteiger partial charge in [-0.05, 0) is 25.5 Å². The fraction of sp³-hybridized carbons (Fsp3) is 0.462. The summed E-state index contributed by atoms with van der Waals surface area (Å²) < 4.78 is 5.02. The lowest BCUT2D eigenvalue weighted by molar-refractivity contribution is 0.184. The standard InChI is InChI=1S/C13H18N2O/c1-11-6-4-5-7-12(11)15-13(2,10-14)8-9-16-3/h4-7,15H,8-9H2,1-3H3. The Bertz CT molecular complexity index is 384. The third-order valence-corrected chi connectivity index (χ3v) is 2.61. The van der Waals surface area contributed by atoms with Gasteiger partial charge in [0.25, 0.3) is 0 Å². The van der Waals surface area contributed by atoms with Crippen molar-refractivity contribution in [2.45, 2.75) is 25.8 Å². The van der Waals surface area contributed by atoms with Crippen LogP contribution in [0.2, 0.25) is 0 Å². The van der Waals surface area contributed by atoms with Crippen LogP contribution in [-0.2, 0) is 4.74 Å². The van der Waals surface area contributed by atoms with Gasteiger partial charge < -0.3 is 10.1 Å². The van der Waals surface area contributed by atoms with Crippen LogP contribution in [0.3, 0.4) is 0 Å². The van der Waals surface area contributed by atoms with Crippen LogP contribution in [0.25, 0.3) is 0 Å². The van der Waals surface area contributed by atoms with E-state index in [1.165, 1.54) is 0 Å². The van der Waals surface area contributed by atoms with Crippen LogP contribution in [0.15, 0.2) is 24.3 Å². The zero-order valence-electron chi connectivity index (χ0n) is 10.1. The molecule has 1 unspecified atom stereocenters. The number of hydrogen-bond donors (Lipinski definition) is 1. The summed E-state index contributed by atoms with van der Waals surface area (Å²) in [4.78, 5) is 0. The summed E-state index contributed by atoms with van der Waals surface area (Å²) in [6, 6.07) is 10.3. The van der Waals surface area contributed by atoms with Crippen LogP contribution in [0, 0.1) is 18.3 Å². The Balaban J connectivity index is 2.78. The molecule has 1 rings (SSSR count). The van der Waals surface area contributed by atoms with Crippen molar-refractivity contribution < 1.29 is 4.74 Å². The lowest BCUT2D eigenvalue weighted by Gasteiger charge is -2.25. The fourth-order valence-electron chi connectivity index (χ4n) is 1.46. The zero-order chi connectivity index (χ0) is 12.0. The molecule has 0 spiro atoms. The minimum Gasteiger partial charge on any atom is -0.385 e. The van der Waals surface area contributed by atoms with Gasteiger partial charge in [0, 0.05) is 25.8 Å². The number of nitrogens with one attached hydrogen (secondary N) is 1. The maximum absolute atomic E-state index is 9.20. The Morgan fingerprint density at radius 3 is 2.69 bits per heavy atom. The molecule has 1 atom stereocenters. The maximum atomic E-state index is 9.20. The number of methoxy groups -OCH3 is 1. The first-order valence-electron chi connectivity index (χ1n) is 5.35. The molecular formula is C13H18N2O. The smallest absolute Gasteiger partial charge is 0.124 e. The van der Waals surface area contributed by atoms with Gasteiger partial charge in [0.2, 0.25) is 0 Å². The van der Waals surface area contributed by atoms with E-state index in [9.17, 15) is 5.26 Å². The summed E-state index contributed by atoms with van der Waals surface area (Å²) in [6.07, 6.45) is 0.661. The average Bonchev–Trinajstić information content (AvgIpc) is 2.30. The molecule has 0 bridgehead atoms. The van der Waals surface area contributed by atoms with Crippen LogP contribution in [0.5, 0.6) is 0 Å². The second-order valence-electron chi connectivity index (χ2n) is 4.13. The first-order chi connectivity index (χ1) is 7.61. The highest BCUT2D eigenvalue weighted by Crippen LogP contribution is 2.21. The molecule has 0 fully saturated rings. The Kier molecular flexibility index (Phi) is 4.33. The minimum atomic E-state index is -0.581. The van der Waals surface area contributed by atoms with E-state index < -0.39 is 5.54 Å². The Labute approximate surface area is 97.0 Å². The molecule has 1 N–H and O–H groups in total. The van der Waals surface area contributed by atoms with Gasteiger partial charge >= 0.3 is 0 Å². The van der Waals surface area contributed by atoms with Crippen molar-refractivity contribution in [3.8, 4) is 6.07 Å². The van der Waals surface area contributed by atoms with E-state index in [1.807, 2.05) is 38.1 Å². The van der Waals surface area contributed by atoms with Gasteiger partial charge in [-0.2, -0.15) is 5.26 Å². The zero-order valence-corrected chi connectivity index (χ0v) is 10.1. The molecule has 86 valence electrons. The molecule has 0 aromatic heterocycles. The van der Waals surface area contributed by atoms with E-state index in [-0.39, 0.29) is 0 Å². The third kappa shape index (κ3) is 3.25. The lowest BCUT2D eigenvalue weighted by Crippen LogP contribution is -2.34. The second kappa shape index (κ2) is 5.53. The molecule has 0 aliphatic heterocycles. The van der Waals surface area contributed by atoms with Crippen molar-refractivity contribution in [1.82, 2.24) is 0 Å². The Morgan fingerprint density at radius 1 is 1.44 bits per heavy atom. The van der Waals surface area contributed by atoms with E-state index >= 15 is 0 Å². The van der Waals surface area contributed by atoms with Crippen molar-refractivity contribution in [3.05, 3.63) is 29.8 Å². The fourth-order valence-corrected chi connectivity index (χ4v) is 1.46. The number of aryl methyl sites for hydroxylation is 1. The first-order valence-corrected chi connectivity index (χ1v) is 5.35. The molecule has 0 saturated carbocycles. The number of nitriles is 1. The normalized spacial score (nSPS) is 13.9. The maximum Gasteiger partial charge on any atom is 0.124 e. The predicted octanol–water partition coefficient (Wildman–Crippen LogP) is 2.73. The first kappa shape index (κ1) is 12.5. The second-order valence-corrected chi connectivity index (χ2v) is 4.13. The highest BCUT2D eigenvalue weighted by molar-refractivity contribution is 5.53. The molecule has 1 aromatic carbocycles. The van der Waals surface area contributed by atoms with E-state index in [1.54, 1.807) is 7.11 Å². The van der Waals surface area contributed by atoms with Gasteiger partial charge in [-0.1, -0.05) is 18.2 Å². The van der Waals surface area contributed by atoms with E-state index in [4.69, 9.17) is 4.74 Å². The predicted molar refractivity (Wildman–Crippen MR) is 65.3 cm³/mol. The summed E-state index contributed by atoms with van der Waals surface area (Å²) in [7, 11) is 1.64. The summed E-state index contributed by atoms with van der Waals surface area (Å²) in [5.41, 5.74) is 1.56. The Hall–Kier alpha value is -1.53. The average molecular weight is 218 g/mol. The van der Waals surface area contributed by atoms with Gasteiger partial charge in [0.1, 0.15) is 5.54 Å². The SMILES string of the molecule is COCCC(C)(C#N)Nc1ccccc1C. The van der Waals surface area contributed by atoms with Gasteiger partial charge in [0.15, 0.2) is 0 Å². The molecule has 3 heteroatoms. The van der Waals surface area contributed by atoms with Crippen molar-refractivity contribution in [1.29, 1.82) is 5.26 Å². The largest absolute Gasteiger partial charge is 0.385 e. The molecule has 16 heavy (non-hydrogen) atoms. The topological polar surface area (TPSA) is 45.0 Å². The minimum absolute atomic E-state index is 0.572. The van der Waals surface area contributed by atoms with Crippen LogP contribution in [0.4, 0.5) is 5.69 Å². The number of benzene rings is 1. The Morgan fingerprint density at radius 2 is 2.12 bits per heavy atom. The molecule has 1 aromatic rings. The lowest BCUT2D eigenvalue weighted by atomic mass is 9.99. The van der Waals surface area contributed by atoms with E-state index in [0.717, 1.165) is 11.3 Å². The third-order valence-electron chi connectivity index (χ3n) is 2.61. The van der Waals surface area contributed by atoms with Gasteiger partial charge in [-0.15, -0.1) is 0 Å². The summed E-state index contributed by atoms with van der Waals surface area (Å²) in [6.45, 7) is 4.48. The molecule has 0 aliphatic rings. The number of hydrogen-bond acceptors (Lipinski definition) is 3. The number of ether oxygens (including phenoxy) is 1. The molecule has 0 saturated heterocycles. The van der Waals surface area contributed by atoms with Gasteiger partial charge in [-0.3, -0.25) is 0 Å². The van der Waals surface area contributed by atoms with E-state index in [0.29, 0.717) is 13.0 Å². The quantitative estimate of drug-likeness (QED) is 0.826. The van der Waals surface area contributed by atoms with Crippen molar-refractivity contribution in [2.24, 2.45) is 0 Å². The van der Waals surface area contributed by atoms with Gasteiger partial charge in [-0.25, -0.2) is 0 Å². The van der Waals surface area contributed by atoms with Crippen LogP contribution >= 0.6 is 0 Å². The molecular weight excluding hydrogens is 200 g/mol.